The number of nitrogens with zero attached hydrogens (tertiary/aromatic N) is 2. The summed E-state index contributed by atoms with van der Waals surface area (Å²) < 4.78 is 19.6. The SMILES string of the molecule is COc1cccc([C@@H]2C(=C(O)c3ccc(C)cc3)C(=O)C(=O)N2c2nc3ccc(F)cc3s2)c1. The minimum absolute atomic E-state index is 0.0486. The molecule has 0 aliphatic carbocycles. The number of aryl methyl sites for hydroxylation is 1. The highest BCUT2D eigenvalue weighted by Gasteiger charge is 2.48. The van der Waals surface area contributed by atoms with Crippen LogP contribution in [0.3, 0.4) is 0 Å². The molecule has 5 rings (SSSR count). The highest BCUT2D eigenvalue weighted by Crippen LogP contribution is 2.44. The average molecular weight is 475 g/mol. The predicted octanol–water partition coefficient (Wildman–Crippen LogP) is 5.38. The van der Waals surface area contributed by atoms with Crippen molar-refractivity contribution in [3.05, 3.63) is 94.8 Å². The van der Waals surface area contributed by atoms with E-state index in [9.17, 15) is 19.1 Å². The Kier molecular flexibility index (Phi) is 5.37. The number of carbonyl (C=O) groups excluding carboxylic acids is 2. The Labute approximate surface area is 198 Å². The van der Waals surface area contributed by atoms with Crippen LogP contribution in [0.5, 0.6) is 5.75 Å². The van der Waals surface area contributed by atoms with Gasteiger partial charge in [0, 0.05) is 5.56 Å². The van der Waals surface area contributed by atoms with Crippen molar-refractivity contribution in [2.45, 2.75) is 13.0 Å². The Morgan fingerprint density at radius 2 is 1.85 bits per heavy atom. The van der Waals surface area contributed by atoms with Gasteiger partial charge in [0.25, 0.3) is 5.78 Å². The summed E-state index contributed by atoms with van der Waals surface area (Å²) in [6, 6.07) is 17.2. The number of aliphatic hydroxyl groups is 1. The first-order valence-corrected chi connectivity index (χ1v) is 11.3. The van der Waals surface area contributed by atoms with Gasteiger partial charge in [-0.25, -0.2) is 9.37 Å². The molecular formula is C26H19FN2O4S. The predicted molar refractivity (Wildman–Crippen MR) is 129 cm³/mol. The molecule has 0 unspecified atom stereocenters. The molecule has 0 spiro atoms. The van der Waals surface area contributed by atoms with Crippen molar-refractivity contribution in [1.82, 2.24) is 4.98 Å². The maximum Gasteiger partial charge on any atom is 0.301 e. The van der Waals surface area contributed by atoms with Crippen LogP contribution in [0.1, 0.15) is 22.7 Å². The number of aliphatic hydroxyl groups excluding tert-OH is 1. The van der Waals surface area contributed by atoms with E-state index in [4.69, 9.17) is 4.74 Å². The number of carbonyl (C=O) groups is 2. The van der Waals surface area contributed by atoms with Crippen molar-refractivity contribution in [2.75, 3.05) is 12.0 Å². The number of halogens is 1. The quantitative estimate of drug-likeness (QED) is 0.244. The number of ether oxygens (including phenoxy) is 1. The van der Waals surface area contributed by atoms with Crippen molar-refractivity contribution >= 4 is 44.1 Å². The molecule has 1 amide bonds. The van der Waals surface area contributed by atoms with Crippen LogP contribution in [0.4, 0.5) is 9.52 Å². The molecule has 1 aromatic heterocycles. The first-order chi connectivity index (χ1) is 16.4. The maximum absolute atomic E-state index is 13.8. The van der Waals surface area contributed by atoms with Crippen LogP contribution < -0.4 is 9.64 Å². The first-order valence-electron chi connectivity index (χ1n) is 10.5. The fraction of sp³-hybridized carbons (Fsp3) is 0.115. The summed E-state index contributed by atoms with van der Waals surface area (Å²) in [4.78, 5) is 32.3. The summed E-state index contributed by atoms with van der Waals surface area (Å²) in [7, 11) is 1.52. The Hall–Kier alpha value is -4.04. The number of hydrogen-bond acceptors (Lipinski definition) is 6. The molecule has 3 aromatic carbocycles. The number of amides is 1. The third-order valence-electron chi connectivity index (χ3n) is 5.72. The molecule has 1 aliphatic rings. The van der Waals surface area contributed by atoms with E-state index in [1.807, 2.05) is 19.1 Å². The first kappa shape index (κ1) is 21.8. The topological polar surface area (TPSA) is 79.7 Å². The minimum Gasteiger partial charge on any atom is -0.507 e. The highest BCUT2D eigenvalue weighted by atomic mass is 32.1. The van der Waals surface area contributed by atoms with Gasteiger partial charge in [0.2, 0.25) is 0 Å². The summed E-state index contributed by atoms with van der Waals surface area (Å²) in [6.07, 6.45) is 0. The van der Waals surface area contributed by atoms with Gasteiger partial charge in [-0.05, 0) is 42.8 Å². The molecule has 1 atom stereocenters. The molecule has 4 aromatic rings. The van der Waals surface area contributed by atoms with Crippen molar-refractivity contribution in [3.8, 4) is 5.75 Å². The van der Waals surface area contributed by atoms with Gasteiger partial charge in [-0.2, -0.15) is 0 Å². The third-order valence-corrected chi connectivity index (χ3v) is 6.74. The molecule has 8 heteroatoms. The molecule has 1 aliphatic heterocycles. The van der Waals surface area contributed by atoms with Crippen LogP contribution in [0.2, 0.25) is 0 Å². The number of methoxy groups -OCH3 is 1. The van der Waals surface area contributed by atoms with Crippen molar-refractivity contribution < 1.29 is 23.8 Å². The smallest absolute Gasteiger partial charge is 0.301 e. The average Bonchev–Trinajstić information content (AvgIpc) is 3.37. The van der Waals surface area contributed by atoms with E-state index in [0.717, 1.165) is 16.9 Å². The molecule has 0 radical (unpaired) electrons. The van der Waals surface area contributed by atoms with Crippen LogP contribution in [-0.2, 0) is 9.59 Å². The van der Waals surface area contributed by atoms with Gasteiger partial charge in [0.1, 0.15) is 17.3 Å². The van der Waals surface area contributed by atoms with Crippen molar-refractivity contribution in [1.29, 1.82) is 0 Å². The molecule has 1 saturated heterocycles. The number of thiazole rings is 1. The summed E-state index contributed by atoms with van der Waals surface area (Å²) in [5.41, 5.74) is 2.43. The monoisotopic (exact) mass is 474 g/mol. The van der Waals surface area contributed by atoms with Crippen LogP contribution in [0.25, 0.3) is 16.0 Å². The van der Waals surface area contributed by atoms with E-state index in [-0.39, 0.29) is 16.5 Å². The molecular weight excluding hydrogens is 455 g/mol. The van der Waals surface area contributed by atoms with Crippen LogP contribution >= 0.6 is 11.3 Å². The number of benzene rings is 3. The second-order valence-electron chi connectivity index (χ2n) is 7.92. The normalized spacial score (nSPS) is 17.5. The summed E-state index contributed by atoms with van der Waals surface area (Å²) in [5, 5.41) is 11.4. The minimum atomic E-state index is -0.943. The fourth-order valence-electron chi connectivity index (χ4n) is 4.01. The van der Waals surface area contributed by atoms with E-state index in [1.54, 1.807) is 36.4 Å². The standard InChI is InChI=1S/C26H19FN2O4S/c1-14-6-8-15(9-7-14)23(30)21-22(16-4-3-5-18(12-16)33-2)29(25(32)24(21)31)26-28-19-11-10-17(27)13-20(19)34-26/h3-13,22,30H,1-2H3/t22-/m1/s1. The van der Waals surface area contributed by atoms with Gasteiger partial charge in [-0.15, -0.1) is 0 Å². The Bertz CT molecular complexity index is 1480. The van der Waals surface area contributed by atoms with E-state index < -0.39 is 23.5 Å². The number of aromatic nitrogens is 1. The molecule has 2 heterocycles. The lowest BCUT2D eigenvalue weighted by molar-refractivity contribution is -0.132. The van der Waals surface area contributed by atoms with E-state index in [2.05, 4.69) is 4.98 Å². The number of fused-ring (bicyclic) bond motifs is 1. The van der Waals surface area contributed by atoms with Gasteiger partial charge in [0.05, 0.1) is 28.9 Å². The summed E-state index contributed by atoms with van der Waals surface area (Å²) in [6.45, 7) is 1.91. The number of Topliss-reactive ketones (excluding diaryl/α,β-unsaturated/α-hetero) is 1. The maximum atomic E-state index is 13.8. The molecule has 1 fully saturated rings. The van der Waals surface area contributed by atoms with Crippen molar-refractivity contribution in [3.63, 3.8) is 0 Å². The van der Waals surface area contributed by atoms with Crippen LogP contribution in [0.15, 0.2) is 72.3 Å². The van der Waals surface area contributed by atoms with E-state index in [0.29, 0.717) is 27.1 Å². The Morgan fingerprint density at radius 3 is 2.59 bits per heavy atom. The molecule has 34 heavy (non-hydrogen) atoms. The lowest BCUT2D eigenvalue weighted by Gasteiger charge is -2.23. The summed E-state index contributed by atoms with van der Waals surface area (Å²) in [5.74, 6) is -1.81. The molecule has 0 bridgehead atoms. The number of ketones is 1. The van der Waals surface area contributed by atoms with Gasteiger partial charge in [0.15, 0.2) is 5.13 Å². The highest BCUT2D eigenvalue weighted by molar-refractivity contribution is 7.22. The third kappa shape index (κ3) is 3.62. The number of anilines is 1. The zero-order chi connectivity index (χ0) is 24.0. The lowest BCUT2D eigenvalue weighted by Crippen LogP contribution is -2.29. The molecule has 1 N–H and O–H groups in total. The van der Waals surface area contributed by atoms with E-state index >= 15 is 0 Å². The second-order valence-corrected chi connectivity index (χ2v) is 8.93. The van der Waals surface area contributed by atoms with E-state index in [1.165, 1.54) is 30.2 Å². The number of hydrogen-bond donors (Lipinski definition) is 1. The Balaban J connectivity index is 1.74. The molecule has 6 nitrogen and oxygen atoms in total. The van der Waals surface area contributed by atoms with Crippen LogP contribution in [0, 0.1) is 12.7 Å². The zero-order valence-electron chi connectivity index (χ0n) is 18.3. The van der Waals surface area contributed by atoms with Crippen molar-refractivity contribution in [2.24, 2.45) is 0 Å². The fourth-order valence-corrected chi connectivity index (χ4v) is 5.03. The largest absolute Gasteiger partial charge is 0.507 e. The second kappa shape index (κ2) is 8.39. The molecule has 170 valence electrons. The lowest BCUT2D eigenvalue weighted by atomic mass is 9.95. The summed E-state index contributed by atoms with van der Waals surface area (Å²) >= 11 is 1.10. The van der Waals surface area contributed by atoms with Gasteiger partial charge in [-0.3, -0.25) is 14.5 Å². The van der Waals surface area contributed by atoms with Gasteiger partial charge in [-0.1, -0.05) is 53.3 Å². The Morgan fingerprint density at radius 1 is 1.09 bits per heavy atom. The number of rotatable bonds is 4. The molecule has 0 saturated carbocycles. The zero-order valence-corrected chi connectivity index (χ0v) is 19.1. The van der Waals surface area contributed by atoms with Crippen LogP contribution in [-0.4, -0.2) is 28.9 Å². The van der Waals surface area contributed by atoms with Gasteiger partial charge >= 0.3 is 5.91 Å². The van der Waals surface area contributed by atoms with Gasteiger partial charge < -0.3 is 9.84 Å².